The van der Waals surface area contributed by atoms with E-state index < -0.39 is 18.0 Å². The predicted molar refractivity (Wildman–Crippen MR) is 85.9 cm³/mol. The van der Waals surface area contributed by atoms with Gasteiger partial charge in [-0.15, -0.1) is 0 Å². The number of carbonyl (C=O) groups is 2. The lowest BCUT2D eigenvalue weighted by molar-refractivity contribution is -0.123. The van der Waals surface area contributed by atoms with Crippen LogP contribution in [0.3, 0.4) is 0 Å². The van der Waals surface area contributed by atoms with E-state index in [1.54, 1.807) is 12.1 Å². The largest absolute Gasteiger partial charge is 0.507 e. The Morgan fingerprint density at radius 1 is 1.30 bits per heavy atom. The Balaban J connectivity index is 2.03. The van der Waals surface area contributed by atoms with Gasteiger partial charge in [0.05, 0.1) is 5.69 Å². The normalized spacial score (nSPS) is 11.6. The van der Waals surface area contributed by atoms with Gasteiger partial charge in [0, 0.05) is 11.2 Å². The Morgan fingerprint density at radius 3 is 2.70 bits per heavy atom. The number of ether oxygens (including phenoxy) is 1. The van der Waals surface area contributed by atoms with E-state index in [-0.39, 0.29) is 21.5 Å². The van der Waals surface area contributed by atoms with Crippen molar-refractivity contribution in [1.29, 1.82) is 0 Å². The molecular formula is C15H12Cl2N2O4. The van der Waals surface area contributed by atoms with Gasteiger partial charge < -0.3 is 15.2 Å². The monoisotopic (exact) mass is 354 g/mol. The molecule has 120 valence electrons. The number of carbonyl (C=O) groups excluding carboxylic acids is 2. The van der Waals surface area contributed by atoms with Crippen LogP contribution in [0, 0.1) is 0 Å². The van der Waals surface area contributed by atoms with Crippen LogP contribution in [-0.2, 0) is 9.53 Å². The fourth-order valence-corrected chi connectivity index (χ4v) is 2.00. The topological polar surface area (TPSA) is 88.5 Å². The van der Waals surface area contributed by atoms with Gasteiger partial charge >= 0.3 is 5.97 Å². The second-order valence-corrected chi connectivity index (χ2v) is 5.33. The summed E-state index contributed by atoms with van der Waals surface area (Å²) in [6.07, 6.45) is 0.374. The minimum absolute atomic E-state index is 0.0894. The number of nitrogens with one attached hydrogen (secondary N) is 1. The first-order chi connectivity index (χ1) is 10.9. The second kappa shape index (κ2) is 7.30. The summed E-state index contributed by atoms with van der Waals surface area (Å²) >= 11 is 11.5. The summed E-state index contributed by atoms with van der Waals surface area (Å²) < 4.78 is 5.01. The lowest BCUT2D eigenvalue weighted by Crippen LogP contribution is -2.30. The molecule has 1 heterocycles. The fraction of sp³-hybridized carbons (Fsp3) is 0.133. The van der Waals surface area contributed by atoms with Gasteiger partial charge in [-0.1, -0.05) is 23.2 Å². The van der Waals surface area contributed by atoms with Crippen molar-refractivity contribution < 1.29 is 19.4 Å². The van der Waals surface area contributed by atoms with E-state index in [9.17, 15) is 14.7 Å². The van der Waals surface area contributed by atoms with E-state index >= 15 is 0 Å². The molecule has 0 spiro atoms. The summed E-state index contributed by atoms with van der Waals surface area (Å²) in [6, 6.07) is 7.11. The molecule has 2 aromatic rings. The van der Waals surface area contributed by atoms with E-state index in [1.165, 1.54) is 31.3 Å². The minimum Gasteiger partial charge on any atom is -0.507 e. The average Bonchev–Trinajstić information content (AvgIpc) is 2.49. The van der Waals surface area contributed by atoms with Gasteiger partial charge in [-0.3, -0.25) is 4.79 Å². The number of phenols is 1. The quantitative estimate of drug-likeness (QED) is 0.649. The summed E-state index contributed by atoms with van der Waals surface area (Å²) in [5.74, 6) is -1.76. The molecule has 0 bridgehead atoms. The lowest BCUT2D eigenvalue weighted by Gasteiger charge is -2.14. The summed E-state index contributed by atoms with van der Waals surface area (Å²) in [6.45, 7) is 1.39. The van der Waals surface area contributed by atoms with Crippen LogP contribution in [0.2, 0.25) is 10.2 Å². The van der Waals surface area contributed by atoms with Gasteiger partial charge in [-0.05, 0) is 37.3 Å². The van der Waals surface area contributed by atoms with Crippen LogP contribution >= 0.6 is 23.2 Å². The molecule has 1 amide bonds. The predicted octanol–water partition coefficient (Wildman–Crippen LogP) is 3.28. The molecule has 0 saturated heterocycles. The maximum absolute atomic E-state index is 12.0. The molecule has 0 fully saturated rings. The zero-order chi connectivity index (χ0) is 17.0. The molecule has 2 N–H and O–H groups in total. The Morgan fingerprint density at radius 2 is 2.04 bits per heavy atom. The van der Waals surface area contributed by atoms with Crippen LogP contribution in [0.15, 0.2) is 36.5 Å². The fourth-order valence-electron chi connectivity index (χ4n) is 1.67. The van der Waals surface area contributed by atoms with Gasteiger partial charge in [0.2, 0.25) is 0 Å². The summed E-state index contributed by atoms with van der Waals surface area (Å²) in [4.78, 5) is 27.8. The highest BCUT2D eigenvalue weighted by Gasteiger charge is 2.21. The van der Waals surface area contributed by atoms with Crippen molar-refractivity contribution in [2.45, 2.75) is 13.0 Å². The molecular weight excluding hydrogens is 343 g/mol. The van der Waals surface area contributed by atoms with Crippen LogP contribution in [0.5, 0.6) is 5.75 Å². The summed E-state index contributed by atoms with van der Waals surface area (Å²) in [7, 11) is 0. The molecule has 1 unspecified atom stereocenters. The number of rotatable bonds is 4. The zero-order valence-electron chi connectivity index (χ0n) is 11.9. The smallest absolute Gasteiger partial charge is 0.342 e. The number of halogens is 2. The van der Waals surface area contributed by atoms with E-state index in [2.05, 4.69) is 10.3 Å². The van der Waals surface area contributed by atoms with Crippen molar-refractivity contribution in [1.82, 2.24) is 4.98 Å². The van der Waals surface area contributed by atoms with Crippen LogP contribution in [0.1, 0.15) is 17.3 Å². The molecule has 6 nitrogen and oxygen atoms in total. The second-order valence-electron chi connectivity index (χ2n) is 4.54. The van der Waals surface area contributed by atoms with Crippen LogP contribution in [-0.4, -0.2) is 28.1 Å². The molecule has 1 aromatic heterocycles. The number of pyridine rings is 1. The Kier molecular flexibility index (Phi) is 5.41. The standard InChI is InChI=1S/C15H12Cl2N2O4/c1-8(14(21)19-11-3-2-6-18-13(11)17)23-15(22)10-5-4-9(16)7-12(10)20/h2-8,20H,1H3,(H,19,21). The van der Waals surface area contributed by atoms with Gasteiger partial charge in [-0.25, -0.2) is 9.78 Å². The van der Waals surface area contributed by atoms with E-state index in [0.29, 0.717) is 5.69 Å². The number of amides is 1. The van der Waals surface area contributed by atoms with Crippen molar-refractivity contribution in [2.75, 3.05) is 5.32 Å². The zero-order valence-corrected chi connectivity index (χ0v) is 13.4. The number of hydrogen-bond donors (Lipinski definition) is 2. The number of aromatic nitrogens is 1. The first-order valence-corrected chi connectivity index (χ1v) is 7.25. The van der Waals surface area contributed by atoms with E-state index in [4.69, 9.17) is 27.9 Å². The Labute approximate surface area is 142 Å². The molecule has 23 heavy (non-hydrogen) atoms. The molecule has 1 aromatic carbocycles. The van der Waals surface area contributed by atoms with Crippen molar-refractivity contribution in [3.8, 4) is 5.75 Å². The summed E-state index contributed by atoms with van der Waals surface area (Å²) in [5.41, 5.74) is 0.213. The van der Waals surface area contributed by atoms with Gasteiger partial charge in [0.25, 0.3) is 5.91 Å². The molecule has 2 rings (SSSR count). The number of benzene rings is 1. The third kappa shape index (κ3) is 4.34. The first-order valence-electron chi connectivity index (χ1n) is 6.49. The van der Waals surface area contributed by atoms with Gasteiger partial charge in [0.1, 0.15) is 11.3 Å². The number of aromatic hydroxyl groups is 1. The molecule has 0 aliphatic rings. The molecule has 8 heteroatoms. The number of nitrogens with zero attached hydrogens (tertiary/aromatic N) is 1. The van der Waals surface area contributed by atoms with Crippen LogP contribution in [0.25, 0.3) is 0 Å². The molecule has 0 radical (unpaired) electrons. The van der Waals surface area contributed by atoms with E-state index in [1.807, 2.05) is 0 Å². The molecule has 0 aliphatic heterocycles. The Bertz CT molecular complexity index is 752. The number of phenolic OH excluding ortho intramolecular Hbond substituents is 1. The SMILES string of the molecule is CC(OC(=O)c1ccc(Cl)cc1O)C(=O)Nc1cccnc1Cl. The minimum atomic E-state index is -1.10. The van der Waals surface area contributed by atoms with E-state index in [0.717, 1.165) is 0 Å². The maximum Gasteiger partial charge on any atom is 0.342 e. The van der Waals surface area contributed by atoms with Gasteiger partial charge in [-0.2, -0.15) is 0 Å². The van der Waals surface area contributed by atoms with Crippen molar-refractivity contribution in [2.24, 2.45) is 0 Å². The number of hydrogen-bond acceptors (Lipinski definition) is 5. The molecule has 0 aliphatic carbocycles. The third-order valence-electron chi connectivity index (χ3n) is 2.85. The molecule has 0 saturated carbocycles. The summed E-state index contributed by atoms with van der Waals surface area (Å²) in [5, 5.41) is 12.6. The molecule has 1 atom stereocenters. The van der Waals surface area contributed by atoms with Crippen molar-refractivity contribution >= 4 is 40.8 Å². The van der Waals surface area contributed by atoms with Crippen molar-refractivity contribution in [3.05, 3.63) is 52.3 Å². The van der Waals surface area contributed by atoms with Crippen LogP contribution < -0.4 is 5.32 Å². The number of esters is 1. The number of anilines is 1. The lowest BCUT2D eigenvalue weighted by atomic mass is 10.2. The van der Waals surface area contributed by atoms with Gasteiger partial charge in [0.15, 0.2) is 11.3 Å². The first kappa shape index (κ1) is 17.1. The van der Waals surface area contributed by atoms with Crippen molar-refractivity contribution in [3.63, 3.8) is 0 Å². The highest BCUT2D eigenvalue weighted by molar-refractivity contribution is 6.32. The highest BCUT2D eigenvalue weighted by Crippen LogP contribution is 2.23. The van der Waals surface area contributed by atoms with Crippen LogP contribution in [0.4, 0.5) is 5.69 Å². The average molecular weight is 355 g/mol. The maximum atomic E-state index is 12.0. The highest BCUT2D eigenvalue weighted by atomic mass is 35.5. The Hall–Kier alpha value is -2.31. The third-order valence-corrected chi connectivity index (χ3v) is 3.39.